The topological polar surface area (TPSA) is 35.5 Å². The van der Waals surface area contributed by atoms with Gasteiger partial charge < -0.3 is 9.47 Å². The largest absolute Gasteiger partial charge is 0.456 e. The number of rotatable bonds is 6. The molecule has 3 nitrogen and oxygen atoms in total. The standard InChI is InChI=1S/C14H20O3/c1-4-11-8-6-7-9-13(11)14(15)17-12(5-2)10-16-3/h6-9,12H,4-5,10H2,1-3H3. The Kier molecular flexibility index (Phi) is 5.70. The molecule has 1 aromatic rings. The molecule has 0 amide bonds. The third-order valence-electron chi connectivity index (χ3n) is 2.70. The SMILES string of the molecule is CCc1ccccc1C(=O)OC(CC)COC. The van der Waals surface area contributed by atoms with Gasteiger partial charge >= 0.3 is 5.97 Å². The number of esters is 1. The second-order valence-corrected chi connectivity index (χ2v) is 3.90. The van der Waals surface area contributed by atoms with E-state index in [1.807, 2.05) is 32.0 Å². The van der Waals surface area contributed by atoms with E-state index in [1.54, 1.807) is 13.2 Å². The maximum absolute atomic E-state index is 12.0. The molecule has 0 N–H and O–H groups in total. The molecule has 94 valence electrons. The average Bonchev–Trinajstić information content (AvgIpc) is 2.38. The van der Waals surface area contributed by atoms with Gasteiger partial charge in [0.2, 0.25) is 0 Å². The molecule has 0 bridgehead atoms. The van der Waals surface area contributed by atoms with E-state index in [1.165, 1.54) is 0 Å². The maximum Gasteiger partial charge on any atom is 0.338 e. The van der Waals surface area contributed by atoms with Crippen LogP contribution in [0.15, 0.2) is 24.3 Å². The summed E-state index contributed by atoms with van der Waals surface area (Å²) >= 11 is 0. The van der Waals surface area contributed by atoms with E-state index in [2.05, 4.69) is 0 Å². The molecule has 17 heavy (non-hydrogen) atoms. The molecule has 1 rings (SSSR count). The van der Waals surface area contributed by atoms with Crippen molar-refractivity contribution in [2.45, 2.75) is 32.8 Å². The van der Waals surface area contributed by atoms with E-state index in [9.17, 15) is 4.79 Å². The normalized spacial score (nSPS) is 12.2. The molecule has 1 atom stereocenters. The Balaban J connectivity index is 2.75. The zero-order valence-corrected chi connectivity index (χ0v) is 10.7. The molecule has 0 aliphatic heterocycles. The number of ether oxygens (including phenoxy) is 2. The zero-order valence-electron chi connectivity index (χ0n) is 10.7. The van der Waals surface area contributed by atoms with Gasteiger partial charge in [0.15, 0.2) is 0 Å². The number of carbonyl (C=O) groups excluding carboxylic acids is 1. The van der Waals surface area contributed by atoms with Gasteiger partial charge in [-0.25, -0.2) is 4.79 Å². The van der Waals surface area contributed by atoms with E-state index in [0.29, 0.717) is 12.2 Å². The summed E-state index contributed by atoms with van der Waals surface area (Å²) in [6, 6.07) is 7.55. The van der Waals surface area contributed by atoms with Crippen molar-refractivity contribution in [2.75, 3.05) is 13.7 Å². The molecule has 0 aliphatic rings. The Hall–Kier alpha value is -1.35. The smallest absolute Gasteiger partial charge is 0.338 e. The zero-order chi connectivity index (χ0) is 12.7. The fourth-order valence-corrected chi connectivity index (χ4v) is 1.66. The first-order valence-corrected chi connectivity index (χ1v) is 6.00. The highest BCUT2D eigenvalue weighted by Gasteiger charge is 2.16. The van der Waals surface area contributed by atoms with Gasteiger partial charge in [0.05, 0.1) is 12.2 Å². The summed E-state index contributed by atoms with van der Waals surface area (Å²) in [4.78, 5) is 12.0. The lowest BCUT2D eigenvalue weighted by Crippen LogP contribution is -2.22. The summed E-state index contributed by atoms with van der Waals surface area (Å²) in [6.07, 6.45) is 1.41. The second-order valence-electron chi connectivity index (χ2n) is 3.90. The molecule has 0 spiro atoms. The van der Waals surface area contributed by atoms with Crippen LogP contribution in [0.3, 0.4) is 0 Å². The Bertz CT molecular complexity index is 360. The van der Waals surface area contributed by atoms with Gasteiger partial charge in [-0.05, 0) is 24.5 Å². The van der Waals surface area contributed by atoms with Crippen LogP contribution in [0.5, 0.6) is 0 Å². The number of methoxy groups -OCH3 is 1. The van der Waals surface area contributed by atoms with Gasteiger partial charge in [0.1, 0.15) is 6.10 Å². The molecule has 1 aromatic carbocycles. The van der Waals surface area contributed by atoms with E-state index in [4.69, 9.17) is 9.47 Å². The molecule has 0 radical (unpaired) electrons. The summed E-state index contributed by atoms with van der Waals surface area (Å²) in [5, 5.41) is 0. The van der Waals surface area contributed by atoms with Crippen molar-refractivity contribution >= 4 is 5.97 Å². The van der Waals surface area contributed by atoms with Crippen LogP contribution in [-0.2, 0) is 15.9 Å². The maximum atomic E-state index is 12.0. The molecule has 1 unspecified atom stereocenters. The first-order valence-electron chi connectivity index (χ1n) is 6.00. The van der Waals surface area contributed by atoms with Gasteiger partial charge in [0.25, 0.3) is 0 Å². The van der Waals surface area contributed by atoms with Crippen molar-refractivity contribution in [3.8, 4) is 0 Å². The molecule has 3 heteroatoms. The number of benzene rings is 1. The molecule has 0 aliphatic carbocycles. The lowest BCUT2D eigenvalue weighted by molar-refractivity contribution is 0.00465. The quantitative estimate of drug-likeness (QED) is 0.712. The summed E-state index contributed by atoms with van der Waals surface area (Å²) < 4.78 is 10.4. The minimum Gasteiger partial charge on any atom is -0.456 e. The highest BCUT2D eigenvalue weighted by atomic mass is 16.6. The van der Waals surface area contributed by atoms with E-state index in [-0.39, 0.29) is 12.1 Å². The fraction of sp³-hybridized carbons (Fsp3) is 0.500. The number of aryl methyl sites for hydroxylation is 1. The van der Waals surface area contributed by atoms with Crippen LogP contribution >= 0.6 is 0 Å². The number of hydrogen-bond acceptors (Lipinski definition) is 3. The minimum atomic E-state index is -0.258. The summed E-state index contributed by atoms with van der Waals surface area (Å²) in [7, 11) is 1.61. The van der Waals surface area contributed by atoms with Crippen LogP contribution in [-0.4, -0.2) is 25.8 Å². The van der Waals surface area contributed by atoms with Gasteiger partial charge in [-0.3, -0.25) is 0 Å². The van der Waals surface area contributed by atoms with E-state index >= 15 is 0 Å². The third kappa shape index (κ3) is 3.86. The molecular formula is C14H20O3. The minimum absolute atomic E-state index is 0.169. The second kappa shape index (κ2) is 7.07. The predicted octanol–water partition coefficient (Wildman–Crippen LogP) is 2.83. The highest BCUT2D eigenvalue weighted by Crippen LogP contribution is 2.13. The first-order chi connectivity index (χ1) is 8.22. The van der Waals surface area contributed by atoms with Crippen molar-refractivity contribution in [3.05, 3.63) is 35.4 Å². The number of hydrogen-bond donors (Lipinski definition) is 0. The summed E-state index contributed by atoms with van der Waals surface area (Å²) in [5.74, 6) is -0.258. The Morgan fingerprint density at radius 2 is 2.00 bits per heavy atom. The van der Waals surface area contributed by atoms with Crippen molar-refractivity contribution in [1.82, 2.24) is 0 Å². The molecule has 0 saturated carbocycles. The van der Waals surface area contributed by atoms with Gasteiger partial charge in [-0.2, -0.15) is 0 Å². The lowest BCUT2D eigenvalue weighted by atomic mass is 10.1. The van der Waals surface area contributed by atoms with Crippen LogP contribution in [0, 0.1) is 0 Å². The van der Waals surface area contributed by atoms with Crippen molar-refractivity contribution < 1.29 is 14.3 Å². The van der Waals surface area contributed by atoms with Crippen LogP contribution in [0.4, 0.5) is 0 Å². The van der Waals surface area contributed by atoms with Crippen LogP contribution < -0.4 is 0 Å². The van der Waals surface area contributed by atoms with Crippen molar-refractivity contribution in [3.63, 3.8) is 0 Å². The van der Waals surface area contributed by atoms with Gasteiger partial charge in [-0.1, -0.05) is 32.0 Å². The number of carbonyl (C=O) groups is 1. The average molecular weight is 236 g/mol. The van der Waals surface area contributed by atoms with Gasteiger partial charge in [-0.15, -0.1) is 0 Å². The Labute approximate surface area is 103 Å². The summed E-state index contributed by atoms with van der Waals surface area (Å²) in [5.41, 5.74) is 1.68. The lowest BCUT2D eigenvalue weighted by Gasteiger charge is -2.16. The van der Waals surface area contributed by atoms with E-state index < -0.39 is 0 Å². The van der Waals surface area contributed by atoms with Crippen LogP contribution in [0.1, 0.15) is 36.2 Å². The van der Waals surface area contributed by atoms with Crippen LogP contribution in [0.25, 0.3) is 0 Å². The first kappa shape index (κ1) is 13.7. The highest BCUT2D eigenvalue weighted by molar-refractivity contribution is 5.91. The molecular weight excluding hydrogens is 216 g/mol. The van der Waals surface area contributed by atoms with E-state index in [0.717, 1.165) is 18.4 Å². The fourth-order valence-electron chi connectivity index (χ4n) is 1.66. The third-order valence-corrected chi connectivity index (χ3v) is 2.70. The predicted molar refractivity (Wildman–Crippen MR) is 67.2 cm³/mol. The molecule has 0 saturated heterocycles. The molecule has 0 fully saturated rings. The van der Waals surface area contributed by atoms with Gasteiger partial charge in [0, 0.05) is 7.11 Å². The van der Waals surface area contributed by atoms with Crippen molar-refractivity contribution in [1.29, 1.82) is 0 Å². The Morgan fingerprint density at radius 3 is 2.59 bits per heavy atom. The monoisotopic (exact) mass is 236 g/mol. The molecule has 0 aromatic heterocycles. The van der Waals surface area contributed by atoms with Crippen molar-refractivity contribution in [2.24, 2.45) is 0 Å². The Morgan fingerprint density at radius 1 is 1.29 bits per heavy atom. The molecule has 0 heterocycles. The van der Waals surface area contributed by atoms with Crippen LogP contribution in [0.2, 0.25) is 0 Å². The summed E-state index contributed by atoms with van der Waals surface area (Å²) in [6.45, 7) is 4.44.